The molecular formula is C24H33NO5. The number of fused-ring (bicyclic) bond motifs is 1. The Morgan fingerprint density at radius 2 is 1.97 bits per heavy atom. The number of aliphatic hydroxyl groups excluding tert-OH is 3. The Hall–Kier alpha value is -0.950. The maximum atomic E-state index is 12.9. The summed E-state index contributed by atoms with van der Waals surface area (Å²) in [6, 6.07) is 0.0899. The van der Waals surface area contributed by atoms with Crippen LogP contribution < -0.4 is 0 Å². The molecule has 9 aliphatic rings. The Kier molecular flexibility index (Phi) is 3.10. The second-order valence-corrected chi connectivity index (χ2v) is 12.1. The van der Waals surface area contributed by atoms with Crippen LogP contribution in [-0.4, -0.2) is 62.8 Å². The molecule has 6 saturated carbocycles. The second kappa shape index (κ2) is 5.00. The van der Waals surface area contributed by atoms with Crippen molar-refractivity contribution in [3.05, 3.63) is 12.2 Å². The highest BCUT2D eigenvalue weighted by Gasteiger charge is 2.94. The van der Waals surface area contributed by atoms with Gasteiger partial charge in [0.2, 0.25) is 0 Å². The van der Waals surface area contributed by atoms with Gasteiger partial charge in [0.05, 0.1) is 24.2 Å². The Balaban J connectivity index is 1.50. The first-order valence-electron chi connectivity index (χ1n) is 11.9. The van der Waals surface area contributed by atoms with Gasteiger partial charge in [-0.1, -0.05) is 33.8 Å². The van der Waals surface area contributed by atoms with E-state index in [0.717, 1.165) is 31.3 Å². The van der Waals surface area contributed by atoms with Crippen LogP contribution in [0.1, 0.15) is 46.5 Å². The second-order valence-electron chi connectivity index (χ2n) is 12.1. The minimum Gasteiger partial charge on any atom is -0.460 e. The average molecular weight is 416 g/mol. The third kappa shape index (κ3) is 1.44. The van der Waals surface area contributed by atoms with Crippen LogP contribution in [0.15, 0.2) is 12.2 Å². The fraction of sp³-hybridized carbons (Fsp3) is 0.875. The van der Waals surface area contributed by atoms with Crippen molar-refractivity contribution >= 4 is 5.97 Å². The van der Waals surface area contributed by atoms with E-state index in [-0.39, 0.29) is 58.5 Å². The Morgan fingerprint density at radius 1 is 1.23 bits per heavy atom. The van der Waals surface area contributed by atoms with Gasteiger partial charge >= 0.3 is 5.97 Å². The van der Waals surface area contributed by atoms with Gasteiger partial charge in [-0.3, -0.25) is 9.69 Å². The molecular weight excluding hydrogens is 382 g/mol. The first-order valence-corrected chi connectivity index (χ1v) is 11.9. The molecule has 14 atom stereocenters. The van der Waals surface area contributed by atoms with Gasteiger partial charge in [0.1, 0.15) is 12.3 Å². The lowest BCUT2D eigenvalue weighted by molar-refractivity contribution is -0.267. The van der Waals surface area contributed by atoms with Crippen molar-refractivity contribution in [2.24, 2.45) is 45.8 Å². The molecule has 3 heterocycles. The molecule has 0 aromatic carbocycles. The largest absolute Gasteiger partial charge is 0.460 e. The summed E-state index contributed by atoms with van der Waals surface area (Å²) in [5, 5.41) is 34.8. The van der Waals surface area contributed by atoms with Crippen LogP contribution in [0.3, 0.4) is 0 Å². The van der Waals surface area contributed by atoms with Crippen LogP contribution in [0.5, 0.6) is 0 Å². The summed E-state index contributed by atoms with van der Waals surface area (Å²) in [6.45, 7) is 10.1. The van der Waals surface area contributed by atoms with Crippen LogP contribution in [0, 0.1) is 45.8 Å². The highest BCUT2D eigenvalue weighted by Crippen LogP contribution is 2.88. The van der Waals surface area contributed by atoms with Crippen LogP contribution >= 0.6 is 0 Å². The van der Waals surface area contributed by atoms with Crippen LogP contribution in [0.4, 0.5) is 0 Å². The van der Waals surface area contributed by atoms with Crippen LogP contribution in [0.25, 0.3) is 0 Å². The number of nitrogens with zero attached hydrogens (tertiary/aromatic N) is 1. The van der Waals surface area contributed by atoms with E-state index in [1.807, 2.05) is 13.8 Å². The van der Waals surface area contributed by atoms with E-state index in [4.69, 9.17) is 4.74 Å². The van der Waals surface area contributed by atoms with Gasteiger partial charge in [0.25, 0.3) is 0 Å². The van der Waals surface area contributed by atoms with Gasteiger partial charge in [-0.05, 0) is 42.1 Å². The molecule has 9 rings (SSSR count). The molecule has 6 heteroatoms. The van der Waals surface area contributed by atoms with E-state index in [1.54, 1.807) is 0 Å². The predicted octanol–water partition coefficient (Wildman–Crippen LogP) is 1.29. The number of ether oxygens (including phenoxy) is 1. The number of carbonyl (C=O) groups excluding carboxylic acids is 1. The molecule has 0 aromatic heterocycles. The zero-order valence-corrected chi connectivity index (χ0v) is 18.0. The maximum Gasteiger partial charge on any atom is 0.308 e. The fourth-order valence-corrected chi connectivity index (χ4v) is 10.9. The molecule has 0 aromatic rings. The zero-order valence-electron chi connectivity index (χ0n) is 18.0. The van der Waals surface area contributed by atoms with Crippen molar-refractivity contribution in [1.29, 1.82) is 0 Å². The molecule has 30 heavy (non-hydrogen) atoms. The monoisotopic (exact) mass is 415 g/mol. The molecule has 0 amide bonds. The molecule has 3 aliphatic heterocycles. The molecule has 9 fully saturated rings. The number of hydrogen-bond acceptors (Lipinski definition) is 6. The summed E-state index contributed by atoms with van der Waals surface area (Å²) in [5.41, 5.74) is -0.291. The number of aliphatic hydroxyl groups is 3. The number of rotatable bonds is 2. The van der Waals surface area contributed by atoms with Crippen molar-refractivity contribution in [1.82, 2.24) is 4.90 Å². The highest BCUT2D eigenvalue weighted by atomic mass is 16.5. The smallest absolute Gasteiger partial charge is 0.308 e. The number of piperidine rings is 2. The first kappa shape index (κ1) is 18.6. The van der Waals surface area contributed by atoms with E-state index < -0.39 is 30.0 Å². The van der Waals surface area contributed by atoms with Crippen molar-refractivity contribution in [2.75, 3.05) is 0 Å². The SMILES string of the molecule is C=C1C2CC3C4N5C6C7C(C)(CCCC47C(C2O)C3(C1O)C6OC(=O)C(C)C)C5O. The topological polar surface area (TPSA) is 90.2 Å². The summed E-state index contributed by atoms with van der Waals surface area (Å²) in [6.07, 6.45) is 1.47. The predicted molar refractivity (Wildman–Crippen MR) is 107 cm³/mol. The minimum atomic E-state index is -0.754. The summed E-state index contributed by atoms with van der Waals surface area (Å²) in [7, 11) is 0. The molecule has 164 valence electrons. The quantitative estimate of drug-likeness (QED) is 0.465. The normalized spacial score (nSPS) is 65.7. The Morgan fingerprint density at radius 3 is 2.67 bits per heavy atom. The lowest BCUT2D eigenvalue weighted by atomic mass is 9.38. The molecule has 14 unspecified atom stereocenters. The van der Waals surface area contributed by atoms with Crippen molar-refractivity contribution in [3.8, 4) is 0 Å². The van der Waals surface area contributed by atoms with Crippen LogP contribution in [-0.2, 0) is 9.53 Å². The van der Waals surface area contributed by atoms with Crippen molar-refractivity contribution in [3.63, 3.8) is 0 Å². The van der Waals surface area contributed by atoms with Crippen molar-refractivity contribution < 1.29 is 24.9 Å². The first-order chi connectivity index (χ1) is 14.1. The standard InChI is InChI=1S/C24H33NO5/c1-9(2)20(28)30-19-13-15-22(4)6-5-7-23(15)16-14(26)11-8-12(17(23)25(13)21(22)29)24(16,19)18(27)10(11)3/h9,11-19,21,26-27,29H,3,5-8H2,1-2,4H3. The van der Waals surface area contributed by atoms with Gasteiger partial charge in [0, 0.05) is 28.7 Å². The third-order valence-corrected chi connectivity index (χ3v) is 11.3. The molecule has 6 nitrogen and oxygen atoms in total. The summed E-state index contributed by atoms with van der Waals surface area (Å²) in [5.74, 6) is -0.385. The minimum absolute atomic E-state index is 0.0743. The molecule has 3 N–H and O–H groups in total. The Bertz CT molecular complexity index is 889. The van der Waals surface area contributed by atoms with E-state index in [0.29, 0.717) is 0 Å². The highest BCUT2D eigenvalue weighted by molar-refractivity contribution is 5.72. The van der Waals surface area contributed by atoms with Gasteiger partial charge in [-0.2, -0.15) is 0 Å². The summed E-state index contributed by atoms with van der Waals surface area (Å²) >= 11 is 0. The van der Waals surface area contributed by atoms with Gasteiger partial charge < -0.3 is 20.1 Å². The molecule has 3 saturated heterocycles. The molecule has 0 radical (unpaired) electrons. The van der Waals surface area contributed by atoms with Gasteiger partial charge in [-0.25, -0.2) is 0 Å². The average Bonchev–Trinajstić information content (AvgIpc) is 3.13. The third-order valence-electron chi connectivity index (χ3n) is 11.3. The lowest BCUT2D eigenvalue weighted by Crippen LogP contribution is -2.75. The van der Waals surface area contributed by atoms with E-state index in [9.17, 15) is 20.1 Å². The van der Waals surface area contributed by atoms with Gasteiger partial charge in [-0.15, -0.1) is 0 Å². The molecule has 6 aliphatic carbocycles. The Labute approximate surface area is 177 Å². The summed E-state index contributed by atoms with van der Waals surface area (Å²) in [4.78, 5) is 15.2. The number of esters is 1. The fourth-order valence-electron chi connectivity index (χ4n) is 10.9. The molecule has 9 bridgehead atoms. The van der Waals surface area contributed by atoms with E-state index in [2.05, 4.69) is 18.4 Å². The number of hydrogen-bond donors (Lipinski definition) is 3. The maximum absolute atomic E-state index is 12.9. The van der Waals surface area contributed by atoms with E-state index in [1.165, 1.54) is 0 Å². The van der Waals surface area contributed by atoms with E-state index >= 15 is 0 Å². The van der Waals surface area contributed by atoms with Crippen molar-refractivity contribution in [2.45, 2.75) is 83.1 Å². The molecule has 2 spiro atoms. The number of carbonyl (C=O) groups is 1. The summed E-state index contributed by atoms with van der Waals surface area (Å²) < 4.78 is 6.29. The van der Waals surface area contributed by atoms with Crippen LogP contribution in [0.2, 0.25) is 0 Å². The zero-order chi connectivity index (χ0) is 21.1. The van der Waals surface area contributed by atoms with Gasteiger partial charge in [0.15, 0.2) is 0 Å². The lowest BCUT2D eigenvalue weighted by Gasteiger charge is -2.67.